The summed E-state index contributed by atoms with van der Waals surface area (Å²) in [6.07, 6.45) is 0.429. The minimum absolute atomic E-state index is 0.258. The van der Waals surface area contributed by atoms with Gasteiger partial charge in [0.1, 0.15) is 11.7 Å². The quantitative estimate of drug-likeness (QED) is 0.666. The molecule has 20 heavy (non-hydrogen) atoms. The highest BCUT2D eigenvalue weighted by molar-refractivity contribution is 5.92. The average molecular weight is 277 g/mol. The van der Waals surface area contributed by atoms with Crippen LogP contribution in [0.5, 0.6) is 0 Å². The van der Waals surface area contributed by atoms with Crippen molar-refractivity contribution in [2.75, 3.05) is 5.73 Å². The van der Waals surface area contributed by atoms with Crippen molar-refractivity contribution >= 4 is 11.7 Å². The van der Waals surface area contributed by atoms with Crippen molar-refractivity contribution < 1.29 is 14.3 Å². The highest BCUT2D eigenvalue weighted by atomic mass is 16.6. The fourth-order valence-electron chi connectivity index (χ4n) is 2.75. The molecule has 0 radical (unpaired) electrons. The first kappa shape index (κ1) is 14.9. The van der Waals surface area contributed by atoms with Crippen LogP contribution < -0.4 is 5.73 Å². The highest BCUT2D eigenvalue weighted by Gasteiger charge is 2.48. The third-order valence-corrected chi connectivity index (χ3v) is 3.72. The van der Waals surface area contributed by atoms with Crippen LogP contribution in [0.1, 0.15) is 50.0 Å². The lowest BCUT2D eigenvalue weighted by Gasteiger charge is -2.27. The van der Waals surface area contributed by atoms with Crippen molar-refractivity contribution in [2.24, 2.45) is 0 Å². The molecule has 1 atom stereocenters. The van der Waals surface area contributed by atoms with Crippen molar-refractivity contribution in [1.82, 2.24) is 0 Å². The number of hydrogen-bond donors (Lipinski definition) is 1. The second-order valence-corrected chi connectivity index (χ2v) is 6.64. The Morgan fingerprint density at radius 2 is 2.00 bits per heavy atom. The van der Waals surface area contributed by atoms with E-state index >= 15 is 0 Å². The summed E-state index contributed by atoms with van der Waals surface area (Å²) >= 11 is 0. The molecule has 0 saturated carbocycles. The molecule has 0 spiro atoms. The van der Waals surface area contributed by atoms with Gasteiger partial charge < -0.3 is 15.2 Å². The summed E-state index contributed by atoms with van der Waals surface area (Å²) in [5.41, 5.74) is 6.92. The van der Waals surface area contributed by atoms with Crippen molar-refractivity contribution in [1.29, 1.82) is 0 Å². The van der Waals surface area contributed by atoms with Crippen LogP contribution in [0.25, 0.3) is 0 Å². The third-order valence-electron chi connectivity index (χ3n) is 3.72. The van der Waals surface area contributed by atoms with Crippen LogP contribution in [0.2, 0.25) is 0 Å². The lowest BCUT2D eigenvalue weighted by Crippen LogP contribution is -2.36. The number of carbonyl (C=O) groups excluding carboxylic acids is 1. The molecule has 1 aliphatic heterocycles. The zero-order chi connectivity index (χ0) is 15.1. The van der Waals surface area contributed by atoms with Crippen LogP contribution in [0, 0.1) is 6.92 Å². The van der Waals surface area contributed by atoms with Gasteiger partial charge in [0.25, 0.3) is 0 Å². The lowest BCUT2D eigenvalue weighted by molar-refractivity contribution is -0.0924. The van der Waals surface area contributed by atoms with E-state index in [-0.39, 0.29) is 17.7 Å². The molecule has 0 aliphatic carbocycles. The topological polar surface area (TPSA) is 61.6 Å². The largest absolute Gasteiger partial charge is 0.456 e. The van der Waals surface area contributed by atoms with E-state index in [4.69, 9.17) is 15.2 Å². The minimum atomic E-state index is -0.479. The maximum Gasteiger partial charge on any atom is 0.338 e. The van der Waals surface area contributed by atoms with Crippen molar-refractivity contribution in [2.45, 2.75) is 58.3 Å². The Kier molecular flexibility index (Phi) is 3.54. The fraction of sp³-hybridized carbons (Fsp3) is 0.562. The van der Waals surface area contributed by atoms with Gasteiger partial charge in [-0.25, -0.2) is 4.79 Å². The summed E-state index contributed by atoms with van der Waals surface area (Å²) in [7, 11) is 0. The Hall–Kier alpha value is -1.55. The molecule has 2 rings (SSSR count). The number of nitrogen functional groups attached to an aromatic ring is 1. The molecule has 1 fully saturated rings. The maximum absolute atomic E-state index is 12.3. The molecule has 0 aromatic heterocycles. The lowest BCUT2D eigenvalue weighted by atomic mass is 9.97. The normalized spacial score (nSPS) is 23.6. The second-order valence-electron chi connectivity index (χ2n) is 6.64. The van der Waals surface area contributed by atoms with Gasteiger partial charge in [-0.3, -0.25) is 0 Å². The molecule has 1 unspecified atom stereocenters. The van der Waals surface area contributed by atoms with E-state index in [0.29, 0.717) is 17.7 Å². The number of aryl methyl sites for hydroxylation is 1. The SMILES string of the molecule is Cc1ccc(N)cc1C(=O)OC1CC(C)(C)OC1(C)C. The predicted molar refractivity (Wildman–Crippen MR) is 78.7 cm³/mol. The van der Waals surface area contributed by atoms with Crippen molar-refractivity contribution in [3.8, 4) is 0 Å². The van der Waals surface area contributed by atoms with Gasteiger partial charge in [-0.1, -0.05) is 6.07 Å². The molecule has 110 valence electrons. The van der Waals surface area contributed by atoms with E-state index < -0.39 is 5.60 Å². The van der Waals surface area contributed by atoms with Gasteiger partial charge in [0.05, 0.1) is 11.2 Å². The van der Waals surface area contributed by atoms with Crippen LogP contribution in [0.4, 0.5) is 5.69 Å². The van der Waals surface area contributed by atoms with E-state index in [1.165, 1.54) is 0 Å². The Bertz CT molecular complexity index is 535. The number of ether oxygens (including phenoxy) is 2. The molecule has 4 nitrogen and oxygen atoms in total. The Labute approximate surface area is 120 Å². The summed E-state index contributed by atoms with van der Waals surface area (Å²) in [5.74, 6) is -0.339. The predicted octanol–water partition coefficient (Wildman–Crippen LogP) is 3.08. The monoisotopic (exact) mass is 277 g/mol. The van der Waals surface area contributed by atoms with Gasteiger partial charge in [-0.15, -0.1) is 0 Å². The van der Waals surface area contributed by atoms with E-state index in [1.54, 1.807) is 12.1 Å². The summed E-state index contributed by atoms with van der Waals surface area (Å²) in [6.45, 7) is 9.79. The molecule has 2 N–H and O–H groups in total. The number of nitrogens with two attached hydrogens (primary N) is 1. The van der Waals surface area contributed by atoms with E-state index in [1.807, 2.05) is 40.7 Å². The van der Waals surface area contributed by atoms with Crippen molar-refractivity contribution in [3.05, 3.63) is 29.3 Å². The van der Waals surface area contributed by atoms with E-state index in [0.717, 1.165) is 5.56 Å². The Morgan fingerprint density at radius 3 is 2.55 bits per heavy atom. The number of carbonyl (C=O) groups is 1. The molecule has 1 saturated heterocycles. The summed E-state index contributed by atoms with van der Waals surface area (Å²) in [4.78, 5) is 12.3. The number of benzene rings is 1. The molecular formula is C16H23NO3. The molecule has 1 aromatic rings. The number of rotatable bonds is 2. The van der Waals surface area contributed by atoms with Gasteiger partial charge in [0, 0.05) is 12.1 Å². The third kappa shape index (κ3) is 2.96. The first-order valence-corrected chi connectivity index (χ1v) is 6.88. The van der Waals surface area contributed by atoms with E-state index in [9.17, 15) is 4.79 Å². The van der Waals surface area contributed by atoms with Crippen molar-refractivity contribution in [3.63, 3.8) is 0 Å². The molecule has 0 amide bonds. The smallest absolute Gasteiger partial charge is 0.338 e. The maximum atomic E-state index is 12.3. The fourth-order valence-corrected chi connectivity index (χ4v) is 2.75. The zero-order valence-electron chi connectivity index (χ0n) is 12.8. The molecule has 1 aromatic carbocycles. The van der Waals surface area contributed by atoms with E-state index in [2.05, 4.69) is 0 Å². The first-order valence-electron chi connectivity index (χ1n) is 6.88. The zero-order valence-corrected chi connectivity index (χ0v) is 12.8. The summed E-state index contributed by atoms with van der Waals surface area (Å²) in [6, 6.07) is 5.26. The molecule has 1 aliphatic rings. The van der Waals surface area contributed by atoms with Gasteiger partial charge in [0.2, 0.25) is 0 Å². The first-order chi connectivity index (χ1) is 9.11. The van der Waals surface area contributed by atoms with Crippen LogP contribution in [0.3, 0.4) is 0 Å². The average Bonchev–Trinajstić information content (AvgIpc) is 2.50. The van der Waals surface area contributed by atoms with Crippen LogP contribution in [-0.4, -0.2) is 23.3 Å². The molecular weight excluding hydrogens is 254 g/mol. The summed E-state index contributed by atoms with van der Waals surface area (Å²) in [5, 5.41) is 0. The molecule has 1 heterocycles. The Morgan fingerprint density at radius 1 is 1.35 bits per heavy atom. The van der Waals surface area contributed by atoms with Crippen LogP contribution in [-0.2, 0) is 9.47 Å². The highest BCUT2D eigenvalue weighted by Crippen LogP contribution is 2.39. The number of anilines is 1. The van der Waals surface area contributed by atoms with Crippen LogP contribution >= 0.6 is 0 Å². The number of esters is 1. The molecule has 0 bridgehead atoms. The molecule has 4 heteroatoms. The van der Waals surface area contributed by atoms with Gasteiger partial charge in [-0.2, -0.15) is 0 Å². The van der Waals surface area contributed by atoms with Gasteiger partial charge in [-0.05, 0) is 52.3 Å². The second kappa shape index (κ2) is 4.77. The minimum Gasteiger partial charge on any atom is -0.456 e. The number of hydrogen-bond acceptors (Lipinski definition) is 4. The van der Waals surface area contributed by atoms with Crippen LogP contribution in [0.15, 0.2) is 18.2 Å². The van der Waals surface area contributed by atoms with Gasteiger partial charge >= 0.3 is 5.97 Å². The Balaban J connectivity index is 2.18. The van der Waals surface area contributed by atoms with Gasteiger partial charge in [0.15, 0.2) is 0 Å². The standard InChI is InChI=1S/C16H23NO3/c1-10-6-7-11(17)8-12(10)14(18)19-13-9-15(2,3)20-16(13,4)5/h6-8,13H,9,17H2,1-5H3. The summed E-state index contributed by atoms with van der Waals surface area (Å²) < 4.78 is 11.6.